The predicted molar refractivity (Wildman–Crippen MR) is 75.3 cm³/mol. The fraction of sp³-hybridized carbons (Fsp3) is 0.533. The lowest BCUT2D eigenvalue weighted by atomic mass is 9.97. The van der Waals surface area contributed by atoms with Gasteiger partial charge in [0.05, 0.1) is 0 Å². The Morgan fingerprint density at radius 1 is 1.17 bits per heavy atom. The number of amides is 1. The Balaban J connectivity index is 2.49. The van der Waals surface area contributed by atoms with Crippen LogP contribution >= 0.6 is 0 Å². The molecule has 0 fully saturated rings. The van der Waals surface area contributed by atoms with E-state index in [-0.39, 0.29) is 5.91 Å². The third-order valence-corrected chi connectivity index (χ3v) is 2.80. The molecule has 0 aliphatic carbocycles. The van der Waals surface area contributed by atoms with Crippen LogP contribution in [0.1, 0.15) is 38.8 Å². The number of hydrogen-bond acceptors (Lipinski definition) is 2. The second-order valence-corrected chi connectivity index (χ2v) is 5.03. The summed E-state index contributed by atoms with van der Waals surface area (Å²) in [6, 6.07) is 10.8. The maximum atomic E-state index is 10.8. The van der Waals surface area contributed by atoms with Gasteiger partial charge in [0, 0.05) is 26.1 Å². The van der Waals surface area contributed by atoms with E-state index in [2.05, 4.69) is 48.7 Å². The first kappa shape index (κ1) is 14.7. The van der Waals surface area contributed by atoms with Crippen molar-refractivity contribution in [1.29, 1.82) is 0 Å². The van der Waals surface area contributed by atoms with Crippen LogP contribution in [0.3, 0.4) is 0 Å². The zero-order chi connectivity index (χ0) is 13.4. The Bertz CT molecular complexity index is 349. The summed E-state index contributed by atoms with van der Waals surface area (Å²) in [7, 11) is 0. The number of rotatable bonds is 7. The highest BCUT2D eigenvalue weighted by atomic mass is 16.1. The molecule has 1 unspecified atom stereocenters. The second kappa shape index (κ2) is 7.88. The highest BCUT2D eigenvalue weighted by Crippen LogP contribution is 2.20. The van der Waals surface area contributed by atoms with Gasteiger partial charge in [0.15, 0.2) is 0 Å². The molecule has 0 heterocycles. The van der Waals surface area contributed by atoms with E-state index in [4.69, 9.17) is 0 Å². The number of hydrogen-bond donors (Lipinski definition) is 2. The van der Waals surface area contributed by atoms with Gasteiger partial charge in [0.2, 0.25) is 5.91 Å². The van der Waals surface area contributed by atoms with Crippen molar-refractivity contribution in [3.05, 3.63) is 35.9 Å². The smallest absolute Gasteiger partial charge is 0.216 e. The molecule has 1 aromatic rings. The van der Waals surface area contributed by atoms with Crippen molar-refractivity contribution in [2.45, 2.75) is 33.2 Å². The van der Waals surface area contributed by atoms with E-state index in [0.717, 1.165) is 13.0 Å². The van der Waals surface area contributed by atoms with Crippen molar-refractivity contribution in [2.24, 2.45) is 5.92 Å². The van der Waals surface area contributed by atoms with Gasteiger partial charge >= 0.3 is 0 Å². The van der Waals surface area contributed by atoms with Crippen LogP contribution < -0.4 is 10.6 Å². The SMILES string of the molecule is CC(=O)NCCNC(CC(C)C)c1ccccc1. The zero-order valence-corrected chi connectivity index (χ0v) is 11.6. The molecule has 2 N–H and O–H groups in total. The Labute approximate surface area is 110 Å². The lowest BCUT2D eigenvalue weighted by Crippen LogP contribution is -2.32. The molecule has 0 spiro atoms. The topological polar surface area (TPSA) is 41.1 Å². The van der Waals surface area contributed by atoms with Gasteiger partial charge < -0.3 is 10.6 Å². The van der Waals surface area contributed by atoms with Gasteiger partial charge in [-0.3, -0.25) is 4.79 Å². The van der Waals surface area contributed by atoms with Crippen molar-refractivity contribution < 1.29 is 4.79 Å². The lowest BCUT2D eigenvalue weighted by Gasteiger charge is -2.21. The summed E-state index contributed by atoms with van der Waals surface area (Å²) in [6.45, 7) is 7.47. The van der Waals surface area contributed by atoms with E-state index in [1.54, 1.807) is 6.92 Å². The molecule has 0 saturated carbocycles. The zero-order valence-electron chi connectivity index (χ0n) is 11.6. The van der Waals surface area contributed by atoms with E-state index < -0.39 is 0 Å². The largest absolute Gasteiger partial charge is 0.355 e. The van der Waals surface area contributed by atoms with Gasteiger partial charge in [-0.05, 0) is 17.9 Å². The molecule has 0 radical (unpaired) electrons. The van der Waals surface area contributed by atoms with E-state index in [9.17, 15) is 4.79 Å². The Morgan fingerprint density at radius 2 is 1.83 bits per heavy atom. The third kappa shape index (κ3) is 5.82. The first-order valence-electron chi connectivity index (χ1n) is 6.62. The van der Waals surface area contributed by atoms with Crippen LogP contribution in [-0.2, 0) is 4.79 Å². The molecule has 1 rings (SSSR count). The van der Waals surface area contributed by atoms with Crippen LogP contribution in [0, 0.1) is 5.92 Å². The molecule has 3 nitrogen and oxygen atoms in total. The minimum atomic E-state index is 0.0249. The molecule has 0 aliphatic heterocycles. The number of carbonyl (C=O) groups excluding carboxylic acids is 1. The van der Waals surface area contributed by atoms with Crippen LogP contribution in [0.2, 0.25) is 0 Å². The molecule has 1 aromatic carbocycles. The fourth-order valence-electron chi connectivity index (χ4n) is 1.98. The number of carbonyl (C=O) groups is 1. The number of nitrogens with one attached hydrogen (secondary N) is 2. The van der Waals surface area contributed by atoms with Crippen molar-refractivity contribution in [2.75, 3.05) is 13.1 Å². The molecule has 100 valence electrons. The summed E-state index contributed by atoms with van der Waals surface area (Å²) >= 11 is 0. The molecule has 0 aliphatic rings. The molecule has 3 heteroatoms. The normalized spacial score (nSPS) is 12.4. The van der Waals surface area contributed by atoms with Gasteiger partial charge in [-0.15, -0.1) is 0 Å². The highest BCUT2D eigenvalue weighted by Gasteiger charge is 2.11. The molecule has 18 heavy (non-hydrogen) atoms. The van der Waals surface area contributed by atoms with Gasteiger partial charge in [-0.2, -0.15) is 0 Å². The van der Waals surface area contributed by atoms with Crippen molar-refractivity contribution >= 4 is 5.91 Å². The summed E-state index contributed by atoms with van der Waals surface area (Å²) in [5.41, 5.74) is 1.31. The van der Waals surface area contributed by atoms with Gasteiger partial charge in [-0.1, -0.05) is 44.2 Å². The molecule has 0 bridgehead atoms. The van der Waals surface area contributed by atoms with E-state index in [1.807, 2.05) is 6.07 Å². The average molecular weight is 248 g/mol. The van der Waals surface area contributed by atoms with Crippen LogP contribution in [0.15, 0.2) is 30.3 Å². The van der Waals surface area contributed by atoms with Crippen LogP contribution in [0.4, 0.5) is 0 Å². The molecule has 1 atom stereocenters. The summed E-state index contributed by atoms with van der Waals surface area (Å²) in [6.07, 6.45) is 1.10. The first-order valence-corrected chi connectivity index (χ1v) is 6.62. The van der Waals surface area contributed by atoms with Crippen LogP contribution in [0.5, 0.6) is 0 Å². The van der Waals surface area contributed by atoms with E-state index in [1.165, 1.54) is 5.56 Å². The first-order chi connectivity index (χ1) is 8.59. The van der Waals surface area contributed by atoms with Crippen molar-refractivity contribution in [3.63, 3.8) is 0 Å². The standard InChI is InChI=1S/C15H24N2O/c1-12(2)11-15(14-7-5-4-6-8-14)17-10-9-16-13(3)18/h4-8,12,15,17H,9-11H2,1-3H3,(H,16,18). The Kier molecular flexibility index (Phi) is 6.44. The summed E-state index contributed by atoms with van der Waals surface area (Å²) in [5.74, 6) is 0.667. The fourth-order valence-corrected chi connectivity index (χ4v) is 1.98. The lowest BCUT2D eigenvalue weighted by molar-refractivity contribution is -0.118. The molecular formula is C15H24N2O. The van der Waals surface area contributed by atoms with Crippen LogP contribution in [-0.4, -0.2) is 19.0 Å². The maximum Gasteiger partial charge on any atom is 0.216 e. The van der Waals surface area contributed by atoms with Gasteiger partial charge in [0.1, 0.15) is 0 Å². The van der Waals surface area contributed by atoms with E-state index in [0.29, 0.717) is 18.5 Å². The maximum absolute atomic E-state index is 10.8. The van der Waals surface area contributed by atoms with Crippen molar-refractivity contribution in [1.82, 2.24) is 10.6 Å². The van der Waals surface area contributed by atoms with E-state index >= 15 is 0 Å². The van der Waals surface area contributed by atoms with Crippen molar-refractivity contribution in [3.8, 4) is 0 Å². The third-order valence-electron chi connectivity index (χ3n) is 2.80. The summed E-state index contributed by atoms with van der Waals surface area (Å²) < 4.78 is 0. The Hall–Kier alpha value is -1.35. The summed E-state index contributed by atoms with van der Waals surface area (Å²) in [5, 5.41) is 6.31. The average Bonchev–Trinajstić information content (AvgIpc) is 2.33. The minimum absolute atomic E-state index is 0.0249. The monoisotopic (exact) mass is 248 g/mol. The second-order valence-electron chi connectivity index (χ2n) is 5.03. The quantitative estimate of drug-likeness (QED) is 0.728. The molecule has 0 saturated heterocycles. The molecule has 0 aromatic heterocycles. The minimum Gasteiger partial charge on any atom is -0.355 e. The molecule has 1 amide bonds. The predicted octanol–water partition coefficient (Wildman–Crippen LogP) is 2.50. The molecular weight excluding hydrogens is 224 g/mol. The van der Waals surface area contributed by atoms with Crippen LogP contribution in [0.25, 0.3) is 0 Å². The number of benzene rings is 1. The van der Waals surface area contributed by atoms with Gasteiger partial charge in [-0.25, -0.2) is 0 Å². The summed E-state index contributed by atoms with van der Waals surface area (Å²) in [4.78, 5) is 10.8. The Morgan fingerprint density at radius 3 is 2.39 bits per heavy atom. The van der Waals surface area contributed by atoms with Gasteiger partial charge in [0.25, 0.3) is 0 Å². The highest BCUT2D eigenvalue weighted by molar-refractivity contribution is 5.72.